The minimum atomic E-state index is -0.460. The first-order valence-corrected chi connectivity index (χ1v) is 9.36. The Morgan fingerprint density at radius 1 is 1.35 bits per heavy atom. The predicted molar refractivity (Wildman–Crippen MR) is 94.2 cm³/mol. The van der Waals surface area contributed by atoms with E-state index in [1.807, 2.05) is 38.6 Å². The number of halogens is 1. The molecule has 0 radical (unpaired) electrons. The molecule has 1 saturated carbocycles. The molecular formula is C17H23ClN2O2S. The minimum Gasteiger partial charge on any atom is -0.444 e. The third-order valence-electron chi connectivity index (χ3n) is 3.92. The number of rotatable bonds is 3. The first kappa shape index (κ1) is 16.9. The Morgan fingerprint density at radius 2 is 2.13 bits per heavy atom. The summed E-state index contributed by atoms with van der Waals surface area (Å²) in [7, 11) is 0. The van der Waals surface area contributed by atoms with Gasteiger partial charge in [0.15, 0.2) is 0 Å². The standard InChI is InChI=1S/C17H23ClN2O2S/c1-17(2,3)22-16(21)20-14-9-13(14)19-12-6-7-23-15-5-4-10(18)8-11(12)15/h4-5,8,12-14,19H,6-7,9H2,1-3H3,(H,20,21). The fourth-order valence-electron chi connectivity index (χ4n) is 2.79. The predicted octanol–water partition coefficient (Wildman–Crippen LogP) is 4.13. The van der Waals surface area contributed by atoms with Gasteiger partial charge in [0.2, 0.25) is 0 Å². The van der Waals surface area contributed by atoms with Crippen LogP contribution in [0.3, 0.4) is 0 Å². The van der Waals surface area contributed by atoms with Gasteiger partial charge in [-0.15, -0.1) is 11.8 Å². The van der Waals surface area contributed by atoms with Crippen molar-refractivity contribution in [3.05, 3.63) is 28.8 Å². The molecule has 0 aromatic heterocycles. The smallest absolute Gasteiger partial charge is 0.407 e. The van der Waals surface area contributed by atoms with Crippen molar-refractivity contribution < 1.29 is 9.53 Å². The van der Waals surface area contributed by atoms with E-state index in [0.717, 1.165) is 23.6 Å². The second-order valence-electron chi connectivity index (χ2n) is 7.13. The zero-order chi connectivity index (χ0) is 16.6. The molecular weight excluding hydrogens is 332 g/mol. The highest BCUT2D eigenvalue weighted by Crippen LogP contribution is 2.39. The normalized spacial score (nSPS) is 26.3. The van der Waals surface area contributed by atoms with Gasteiger partial charge in [-0.25, -0.2) is 4.79 Å². The molecule has 1 amide bonds. The quantitative estimate of drug-likeness (QED) is 0.856. The van der Waals surface area contributed by atoms with Crippen molar-refractivity contribution >= 4 is 29.5 Å². The molecule has 1 fully saturated rings. The lowest BCUT2D eigenvalue weighted by Gasteiger charge is -2.26. The van der Waals surface area contributed by atoms with Crippen LogP contribution in [-0.4, -0.2) is 29.5 Å². The fourth-order valence-corrected chi connectivity index (χ4v) is 4.08. The average molecular weight is 355 g/mol. The van der Waals surface area contributed by atoms with Crippen LogP contribution >= 0.6 is 23.4 Å². The summed E-state index contributed by atoms with van der Waals surface area (Å²) in [6, 6.07) is 6.86. The monoisotopic (exact) mass is 354 g/mol. The van der Waals surface area contributed by atoms with Crippen molar-refractivity contribution in [2.24, 2.45) is 0 Å². The van der Waals surface area contributed by atoms with Crippen molar-refractivity contribution in [1.82, 2.24) is 10.6 Å². The Kier molecular flexibility index (Phi) is 4.81. The number of ether oxygens (including phenoxy) is 1. The van der Waals surface area contributed by atoms with Crippen LogP contribution in [0.2, 0.25) is 5.02 Å². The van der Waals surface area contributed by atoms with Crippen molar-refractivity contribution in [2.45, 2.75) is 62.2 Å². The van der Waals surface area contributed by atoms with Crippen LogP contribution in [0.4, 0.5) is 4.79 Å². The highest BCUT2D eigenvalue weighted by Gasteiger charge is 2.41. The van der Waals surface area contributed by atoms with Crippen LogP contribution in [0.5, 0.6) is 0 Å². The zero-order valence-electron chi connectivity index (χ0n) is 13.7. The van der Waals surface area contributed by atoms with Gasteiger partial charge in [-0.05, 0) is 63.1 Å². The molecule has 3 atom stereocenters. The molecule has 0 spiro atoms. The van der Waals surface area contributed by atoms with E-state index in [0.29, 0.717) is 12.1 Å². The van der Waals surface area contributed by atoms with Gasteiger partial charge in [0, 0.05) is 28.0 Å². The number of benzene rings is 1. The molecule has 1 aliphatic heterocycles. The van der Waals surface area contributed by atoms with Gasteiger partial charge >= 0.3 is 6.09 Å². The summed E-state index contributed by atoms with van der Waals surface area (Å²) >= 11 is 8.02. The maximum Gasteiger partial charge on any atom is 0.407 e. The van der Waals surface area contributed by atoms with Gasteiger partial charge in [0.25, 0.3) is 0 Å². The second-order valence-corrected chi connectivity index (χ2v) is 8.71. The van der Waals surface area contributed by atoms with E-state index in [2.05, 4.69) is 22.8 Å². The Labute approximate surface area is 146 Å². The third kappa shape index (κ3) is 4.55. The van der Waals surface area contributed by atoms with Gasteiger partial charge in [0.1, 0.15) is 5.60 Å². The van der Waals surface area contributed by atoms with Gasteiger partial charge in [-0.1, -0.05) is 11.6 Å². The summed E-state index contributed by atoms with van der Waals surface area (Å²) < 4.78 is 5.30. The topological polar surface area (TPSA) is 50.4 Å². The fraction of sp³-hybridized carbons (Fsp3) is 0.588. The van der Waals surface area contributed by atoms with E-state index in [-0.39, 0.29) is 12.1 Å². The van der Waals surface area contributed by atoms with Crippen molar-refractivity contribution in [3.63, 3.8) is 0 Å². The van der Waals surface area contributed by atoms with Gasteiger partial charge < -0.3 is 15.4 Å². The largest absolute Gasteiger partial charge is 0.444 e. The molecule has 0 saturated heterocycles. The van der Waals surface area contributed by atoms with E-state index in [1.165, 1.54) is 10.5 Å². The molecule has 1 aliphatic carbocycles. The molecule has 2 aliphatic rings. The summed E-state index contributed by atoms with van der Waals surface area (Å²) in [4.78, 5) is 13.1. The van der Waals surface area contributed by atoms with Gasteiger partial charge in [-0.3, -0.25) is 0 Å². The number of alkyl carbamates (subject to hydrolysis) is 1. The van der Waals surface area contributed by atoms with E-state index < -0.39 is 5.60 Å². The second kappa shape index (κ2) is 6.54. The summed E-state index contributed by atoms with van der Waals surface area (Å²) in [5.41, 5.74) is 0.815. The number of hydrogen-bond acceptors (Lipinski definition) is 4. The first-order chi connectivity index (χ1) is 10.8. The Hall–Kier alpha value is -0.910. The van der Waals surface area contributed by atoms with Crippen LogP contribution in [0, 0.1) is 0 Å². The number of hydrogen-bond donors (Lipinski definition) is 2. The summed E-state index contributed by atoms with van der Waals surface area (Å²) in [5.74, 6) is 1.10. The molecule has 0 bridgehead atoms. The van der Waals surface area contributed by atoms with Gasteiger partial charge in [0.05, 0.1) is 0 Å². The summed E-state index contributed by atoms with van der Waals surface area (Å²) in [6.07, 6.45) is 1.68. The lowest BCUT2D eigenvalue weighted by molar-refractivity contribution is 0.0522. The van der Waals surface area contributed by atoms with Crippen molar-refractivity contribution in [2.75, 3.05) is 5.75 Å². The Morgan fingerprint density at radius 3 is 2.87 bits per heavy atom. The highest BCUT2D eigenvalue weighted by molar-refractivity contribution is 7.99. The van der Waals surface area contributed by atoms with Crippen molar-refractivity contribution in [3.8, 4) is 0 Å². The Balaban J connectivity index is 1.55. The van der Waals surface area contributed by atoms with Crippen LogP contribution in [-0.2, 0) is 4.74 Å². The zero-order valence-corrected chi connectivity index (χ0v) is 15.3. The lowest BCUT2D eigenvalue weighted by atomic mass is 10.0. The molecule has 1 heterocycles. The number of carbonyl (C=O) groups excluding carboxylic acids is 1. The maximum absolute atomic E-state index is 11.8. The SMILES string of the molecule is CC(C)(C)OC(=O)NC1CC1NC1CCSc2ccc(Cl)cc21. The van der Waals surface area contributed by atoms with Crippen molar-refractivity contribution in [1.29, 1.82) is 0 Å². The molecule has 126 valence electrons. The van der Waals surface area contributed by atoms with E-state index >= 15 is 0 Å². The Bertz CT molecular complexity index is 603. The van der Waals surface area contributed by atoms with E-state index in [9.17, 15) is 4.79 Å². The number of nitrogens with one attached hydrogen (secondary N) is 2. The molecule has 6 heteroatoms. The average Bonchev–Trinajstić information content (AvgIpc) is 3.15. The third-order valence-corrected chi connectivity index (χ3v) is 5.28. The summed E-state index contributed by atoms with van der Waals surface area (Å²) in [6.45, 7) is 5.61. The lowest BCUT2D eigenvalue weighted by Crippen LogP contribution is -2.37. The van der Waals surface area contributed by atoms with Crippen LogP contribution in [0.25, 0.3) is 0 Å². The van der Waals surface area contributed by atoms with E-state index in [1.54, 1.807) is 0 Å². The highest BCUT2D eigenvalue weighted by atomic mass is 35.5. The molecule has 1 aromatic rings. The first-order valence-electron chi connectivity index (χ1n) is 7.99. The van der Waals surface area contributed by atoms with E-state index in [4.69, 9.17) is 16.3 Å². The molecule has 23 heavy (non-hydrogen) atoms. The molecule has 1 aromatic carbocycles. The molecule has 3 unspecified atom stereocenters. The molecule has 4 nitrogen and oxygen atoms in total. The number of thioether (sulfide) groups is 1. The van der Waals surface area contributed by atoms with Crippen LogP contribution in [0.15, 0.2) is 23.1 Å². The number of amides is 1. The van der Waals surface area contributed by atoms with Gasteiger partial charge in [-0.2, -0.15) is 0 Å². The maximum atomic E-state index is 11.8. The number of carbonyl (C=O) groups is 1. The van der Waals surface area contributed by atoms with Crippen LogP contribution in [0.1, 0.15) is 45.2 Å². The minimum absolute atomic E-state index is 0.155. The summed E-state index contributed by atoms with van der Waals surface area (Å²) in [5, 5.41) is 7.36. The number of fused-ring (bicyclic) bond motifs is 1. The molecule has 3 rings (SSSR count). The van der Waals surface area contributed by atoms with Crippen LogP contribution < -0.4 is 10.6 Å². The molecule has 2 N–H and O–H groups in total.